The molecule has 0 aliphatic carbocycles. The van der Waals surface area contributed by atoms with Crippen molar-refractivity contribution in [2.75, 3.05) is 18.4 Å². The number of rotatable bonds is 5. The normalized spacial score (nSPS) is 18.6. The molecule has 2 aromatic carbocycles. The fraction of sp³-hybridized carbons (Fsp3) is 0.320. The Kier molecular flexibility index (Phi) is 7.79. The van der Waals surface area contributed by atoms with E-state index < -0.39 is 15.9 Å². The summed E-state index contributed by atoms with van der Waals surface area (Å²) >= 11 is 11.6. The van der Waals surface area contributed by atoms with Crippen LogP contribution in [0.4, 0.5) is 5.69 Å². The van der Waals surface area contributed by atoms with Crippen molar-refractivity contribution in [3.63, 3.8) is 0 Å². The van der Waals surface area contributed by atoms with Crippen molar-refractivity contribution in [1.29, 1.82) is 0 Å². The molecular weight excluding hydrogens is 520 g/mol. The number of benzene rings is 2. The fourth-order valence-corrected chi connectivity index (χ4v) is 6.58. The third-order valence-electron chi connectivity index (χ3n) is 6.03. The van der Waals surface area contributed by atoms with Crippen LogP contribution in [0.3, 0.4) is 0 Å². The van der Waals surface area contributed by atoms with E-state index >= 15 is 0 Å². The van der Waals surface area contributed by atoms with Crippen LogP contribution in [0.5, 0.6) is 0 Å². The van der Waals surface area contributed by atoms with Crippen molar-refractivity contribution in [2.45, 2.75) is 32.1 Å². The molecule has 2 N–H and O–H groups in total. The van der Waals surface area contributed by atoms with Gasteiger partial charge in [-0.2, -0.15) is 4.31 Å². The van der Waals surface area contributed by atoms with E-state index in [9.17, 15) is 13.2 Å². The second-order valence-electron chi connectivity index (χ2n) is 9.14. The van der Waals surface area contributed by atoms with Crippen molar-refractivity contribution >= 4 is 50.5 Å². The molecule has 0 spiro atoms. The first-order chi connectivity index (χ1) is 17.1. The second-order valence-corrected chi connectivity index (χ2v) is 11.9. The van der Waals surface area contributed by atoms with Gasteiger partial charge in [-0.1, -0.05) is 48.8 Å². The summed E-state index contributed by atoms with van der Waals surface area (Å²) in [5.74, 6) is 0.450. The van der Waals surface area contributed by atoms with Gasteiger partial charge in [-0.05, 0) is 67.7 Å². The highest BCUT2D eigenvalue weighted by Gasteiger charge is 2.31. The Hall–Kier alpha value is -2.79. The molecule has 1 aliphatic heterocycles. The zero-order chi connectivity index (χ0) is 26.0. The lowest BCUT2D eigenvalue weighted by molar-refractivity contribution is 0.0976. The molecule has 4 rings (SSSR count). The number of nitrogens with one attached hydrogen (secondary N) is 2. The van der Waals surface area contributed by atoms with Gasteiger partial charge >= 0.3 is 0 Å². The first-order valence-electron chi connectivity index (χ1n) is 11.5. The van der Waals surface area contributed by atoms with E-state index in [0.29, 0.717) is 52.7 Å². The predicted octanol–water partition coefficient (Wildman–Crippen LogP) is 5.10. The standard InChI is InChI=1S/C25H27ClN4O4S2/c1-15-12-16(2)14-30(13-15)36(32,33)19-10-8-18(9-11-19)27-25(35)28-24(31)22-17(3)34-29-23(22)20-6-4-5-7-21(20)26/h4-11,15-16H,12-14H2,1-3H3,(H2,27,28,31,35). The van der Waals surface area contributed by atoms with Gasteiger partial charge < -0.3 is 9.84 Å². The average Bonchev–Trinajstić information content (AvgIpc) is 3.20. The molecule has 1 aromatic heterocycles. The lowest BCUT2D eigenvalue weighted by Crippen LogP contribution is -2.42. The number of piperidine rings is 1. The SMILES string of the molecule is Cc1onc(-c2ccccc2Cl)c1C(=O)NC(=S)Nc1ccc(S(=O)(=O)N2CC(C)CC(C)C2)cc1. The van der Waals surface area contributed by atoms with Crippen LogP contribution >= 0.6 is 23.8 Å². The van der Waals surface area contributed by atoms with Crippen LogP contribution in [0, 0.1) is 18.8 Å². The first-order valence-corrected chi connectivity index (χ1v) is 13.7. The Bertz CT molecular complexity index is 1380. The molecule has 1 saturated heterocycles. The van der Waals surface area contributed by atoms with Gasteiger partial charge in [-0.15, -0.1) is 0 Å². The van der Waals surface area contributed by atoms with Gasteiger partial charge in [0.15, 0.2) is 5.11 Å². The summed E-state index contributed by atoms with van der Waals surface area (Å²) in [6.45, 7) is 6.79. The van der Waals surface area contributed by atoms with Crippen LogP contribution in [-0.4, -0.2) is 42.0 Å². The lowest BCUT2D eigenvalue weighted by atomic mass is 9.94. The highest BCUT2D eigenvalue weighted by Crippen LogP contribution is 2.31. The minimum atomic E-state index is -3.59. The number of hydrogen-bond donors (Lipinski definition) is 2. The van der Waals surface area contributed by atoms with Gasteiger partial charge in [0.2, 0.25) is 10.0 Å². The third kappa shape index (κ3) is 5.62. The van der Waals surface area contributed by atoms with Gasteiger partial charge in [-0.3, -0.25) is 10.1 Å². The summed E-state index contributed by atoms with van der Waals surface area (Å²) in [6, 6.07) is 13.3. The molecule has 1 aliphatic rings. The maximum atomic E-state index is 13.1. The van der Waals surface area contributed by atoms with Crippen molar-refractivity contribution < 1.29 is 17.7 Å². The van der Waals surface area contributed by atoms with Crippen molar-refractivity contribution in [3.05, 3.63) is 64.9 Å². The Labute approximate surface area is 221 Å². The van der Waals surface area contributed by atoms with Crippen LogP contribution in [0.2, 0.25) is 5.02 Å². The summed E-state index contributed by atoms with van der Waals surface area (Å²) in [5.41, 5.74) is 1.63. The van der Waals surface area contributed by atoms with E-state index in [1.54, 1.807) is 47.6 Å². The third-order valence-corrected chi connectivity index (χ3v) is 8.41. The number of amides is 1. The molecule has 0 bridgehead atoms. The Balaban J connectivity index is 1.44. The number of anilines is 1. The number of halogens is 1. The van der Waals surface area contributed by atoms with E-state index in [-0.39, 0.29) is 15.6 Å². The summed E-state index contributed by atoms with van der Waals surface area (Å²) in [5, 5.41) is 10.0. The molecule has 11 heteroatoms. The molecule has 2 heterocycles. The van der Waals surface area contributed by atoms with Crippen LogP contribution in [-0.2, 0) is 10.0 Å². The number of thiocarbonyl (C=S) groups is 1. The maximum Gasteiger partial charge on any atom is 0.263 e. The number of aryl methyl sites for hydroxylation is 1. The molecule has 8 nitrogen and oxygen atoms in total. The number of hydrogen-bond acceptors (Lipinski definition) is 6. The van der Waals surface area contributed by atoms with Crippen LogP contribution in [0.1, 0.15) is 36.4 Å². The molecule has 2 unspecified atom stereocenters. The van der Waals surface area contributed by atoms with E-state index in [1.807, 2.05) is 0 Å². The van der Waals surface area contributed by atoms with E-state index in [4.69, 9.17) is 28.3 Å². The molecule has 3 aromatic rings. The Morgan fingerprint density at radius 1 is 1.11 bits per heavy atom. The monoisotopic (exact) mass is 546 g/mol. The van der Waals surface area contributed by atoms with Gasteiger partial charge in [-0.25, -0.2) is 8.42 Å². The van der Waals surface area contributed by atoms with Crippen molar-refractivity contribution in [2.24, 2.45) is 11.8 Å². The summed E-state index contributed by atoms with van der Waals surface area (Å²) in [7, 11) is -3.59. The number of carbonyl (C=O) groups is 1. The zero-order valence-corrected chi connectivity index (χ0v) is 22.5. The van der Waals surface area contributed by atoms with Gasteiger partial charge in [0.05, 0.1) is 9.92 Å². The summed E-state index contributed by atoms with van der Waals surface area (Å²) < 4.78 is 33.0. The number of sulfonamides is 1. The largest absolute Gasteiger partial charge is 0.360 e. The predicted molar refractivity (Wildman–Crippen MR) is 144 cm³/mol. The van der Waals surface area contributed by atoms with E-state index in [2.05, 4.69) is 29.6 Å². The van der Waals surface area contributed by atoms with E-state index in [0.717, 1.165) is 6.42 Å². The number of carbonyl (C=O) groups excluding carboxylic acids is 1. The van der Waals surface area contributed by atoms with Crippen LogP contribution in [0.15, 0.2) is 57.9 Å². The molecule has 1 fully saturated rings. The highest BCUT2D eigenvalue weighted by molar-refractivity contribution is 7.89. The fourth-order valence-electron chi connectivity index (χ4n) is 4.47. The molecule has 0 saturated carbocycles. The summed E-state index contributed by atoms with van der Waals surface area (Å²) in [4.78, 5) is 13.2. The molecule has 0 radical (unpaired) electrons. The molecule has 2 atom stereocenters. The smallest absolute Gasteiger partial charge is 0.263 e. The number of nitrogens with zero attached hydrogens (tertiary/aromatic N) is 2. The Morgan fingerprint density at radius 2 is 1.75 bits per heavy atom. The number of aromatic nitrogens is 1. The van der Waals surface area contributed by atoms with Crippen molar-refractivity contribution in [1.82, 2.24) is 14.8 Å². The molecule has 190 valence electrons. The lowest BCUT2D eigenvalue weighted by Gasteiger charge is -2.34. The Morgan fingerprint density at radius 3 is 2.39 bits per heavy atom. The van der Waals surface area contributed by atoms with Gasteiger partial charge in [0.25, 0.3) is 5.91 Å². The molecular formula is C25H27ClN4O4S2. The summed E-state index contributed by atoms with van der Waals surface area (Å²) in [6.07, 6.45) is 1.02. The van der Waals surface area contributed by atoms with Crippen molar-refractivity contribution in [3.8, 4) is 11.3 Å². The molecule has 1 amide bonds. The van der Waals surface area contributed by atoms with Crippen LogP contribution in [0.25, 0.3) is 11.3 Å². The van der Waals surface area contributed by atoms with E-state index in [1.165, 1.54) is 12.1 Å². The van der Waals surface area contributed by atoms with Gasteiger partial charge in [0, 0.05) is 24.3 Å². The maximum absolute atomic E-state index is 13.1. The topological polar surface area (TPSA) is 105 Å². The highest BCUT2D eigenvalue weighted by atomic mass is 35.5. The first kappa shape index (κ1) is 26.3. The quantitative estimate of drug-likeness (QED) is 0.429. The van der Waals surface area contributed by atoms with Gasteiger partial charge in [0.1, 0.15) is 17.0 Å². The van der Waals surface area contributed by atoms with Crippen LogP contribution < -0.4 is 10.6 Å². The average molecular weight is 547 g/mol. The molecule has 36 heavy (non-hydrogen) atoms. The zero-order valence-electron chi connectivity index (χ0n) is 20.1. The minimum Gasteiger partial charge on any atom is -0.360 e. The minimum absolute atomic E-state index is 0.0417. The second kappa shape index (κ2) is 10.7.